The molecule has 1 amide bonds. The Labute approximate surface area is 180 Å². The number of piperazine rings is 1. The van der Waals surface area contributed by atoms with Crippen LogP contribution < -0.4 is 4.90 Å². The standard InChI is InChI=1S/C23H26F3N3O2/c24-23(25,26)19-7-4-8-20(17-19)27-9-11-28(12-10-27)21(18-5-2-1-3-6-18)22(30)29-13-15-31-16-14-29/h1-8,17,21H,9-16H2/t21-/m0/s1. The van der Waals surface area contributed by atoms with E-state index >= 15 is 0 Å². The monoisotopic (exact) mass is 433 g/mol. The number of morpholine rings is 1. The first-order valence-corrected chi connectivity index (χ1v) is 10.5. The minimum Gasteiger partial charge on any atom is -0.378 e. The zero-order valence-electron chi connectivity index (χ0n) is 17.2. The molecule has 0 spiro atoms. The first-order chi connectivity index (χ1) is 14.9. The molecule has 0 aromatic heterocycles. The Balaban J connectivity index is 1.49. The van der Waals surface area contributed by atoms with Crippen LogP contribution in [0.3, 0.4) is 0 Å². The van der Waals surface area contributed by atoms with Crippen LogP contribution in [0.4, 0.5) is 18.9 Å². The van der Waals surface area contributed by atoms with Gasteiger partial charge in [-0.3, -0.25) is 9.69 Å². The predicted molar refractivity (Wildman–Crippen MR) is 112 cm³/mol. The van der Waals surface area contributed by atoms with Crippen LogP contribution in [0.2, 0.25) is 0 Å². The molecular formula is C23H26F3N3O2. The van der Waals surface area contributed by atoms with Crippen molar-refractivity contribution in [3.8, 4) is 0 Å². The topological polar surface area (TPSA) is 36.0 Å². The van der Waals surface area contributed by atoms with Gasteiger partial charge in [0.05, 0.1) is 18.8 Å². The number of amides is 1. The Morgan fingerprint density at radius 2 is 1.55 bits per heavy atom. The van der Waals surface area contributed by atoms with E-state index in [1.807, 2.05) is 40.1 Å². The van der Waals surface area contributed by atoms with Crippen molar-refractivity contribution in [3.05, 3.63) is 65.7 Å². The maximum Gasteiger partial charge on any atom is 0.416 e. The number of alkyl halides is 3. The molecule has 31 heavy (non-hydrogen) atoms. The maximum atomic E-state index is 13.4. The molecule has 0 unspecified atom stereocenters. The lowest BCUT2D eigenvalue weighted by Gasteiger charge is -2.41. The van der Waals surface area contributed by atoms with E-state index in [0.29, 0.717) is 58.2 Å². The van der Waals surface area contributed by atoms with Gasteiger partial charge >= 0.3 is 6.18 Å². The summed E-state index contributed by atoms with van der Waals surface area (Å²) in [7, 11) is 0. The Hall–Kier alpha value is -2.58. The van der Waals surface area contributed by atoms with Crippen LogP contribution in [0.5, 0.6) is 0 Å². The molecule has 0 saturated carbocycles. The van der Waals surface area contributed by atoms with Crippen molar-refractivity contribution in [1.29, 1.82) is 0 Å². The fourth-order valence-electron chi connectivity index (χ4n) is 4.22. The fraction of sp³-hybridized carbons (Fsp3) is 0.435. The highest BCUT2D eigenvalue weighted by Gasteiger charge is 2.35. The molecule has 2 heterocycles. The third kappa shape index (κ3) is 5.02. The number of nitrogens with zero attached hydrogens (tertiary/aromatic N) is 3. The first kappa shape index (κ1) is 21.6. The molecule has 1 atom stereocenters. The van der Waals surface area contributed by atoms with E-state index < -0.39 is 17.8 Å². The average Bonchev–Trinajstić information content (AvgIpc) is 2.80. The number of hydrogen-bond donors (Lipinski definition) is 0. The van der Waals surface area contributed by atoms with E-state index in [0.717, 1.165) is 11.6 Å². The summed E-state index contributed by atoms with van der Waals surface area (Å²) in [6.07, 6.45) is -4.36. The number of ether oxygens (including phenoxy) is 1. The number of anilines is 1. The summed E-state index contributed by atoms with van der Waals surface area (Å²) < 4.78 is 44.6. The highest BCUT2D eigenvalue weighted by atomic mass is 19.4. The summed E-state index contributed by atoms with van der Waals surface area (Å²) in [5.41, 5.74) is 0.855. The molecule has 2 saturated heterocycles. The molecule has 5 nitrogen and oxygen atoms in total. The van der Waals surface area contributed by atoms with Crippen molar-refractivity contribution in [2.45, 2.75) is 12.2 Å². The smallest absolute Gasteiger partial charge is 0.378 e. The lowest BCUT2D eigenvalue weighted by molar-refractivity contribution is -0.141. The van der Waals surface area contributed by atoms with Gasteiger partial charge in [0.15, 0.2) is 0 Å². The van der Waals surface area contributed by atoms with E-state index in [2.05, 4.69) is 4.90 Å². The van der Waals surface area contributed by atoms with Crippen molar-refractivity contribution in [1.82, 2.24) is 9.80 Å². The summed E-state index contributed by atoms with van der Waals surface area (Å²) in [6, 6.07) is 14.7. The lowest BCUT2D eigenvalue weighted by atomic mass is 10.0. The SMILES string of the molecule is O=C([C@H](c1ccccc1)N1CCN(c2cccc(C(F)(F)F)c2)CC1)N1CCOCC1. The average molecular weight is 433 g/mol. The molecule has 4 rings (SSSR count). The third-order valence-corrected chi connectivity index (χ3v) is 5.89. The predicted octanol–water partition coefficient (Wildman–Crippen LogP) is 3.43. The van der Waals surface area contributed by atoms with E-state index in [4.69, 9.17) is 4.74 Å². The van der Waals surface area contributed by atoms with Gasteiger partial charge in [-0.1, -0.05) is 36.4 Å². The summed E-state index contributed by atoms with van der Waals surface area (Å²) in [5, 5.41) is 0. The highest BCUT2D eigenvalue weighted by molar-refractivity contribution is 5.83. The van der Waals surface area contributed by atoms with Gasteiger partial charge in [0.25, 0.3) is 0 Å². The van der Waals surface area contributed by atoms with Crippen LogP contribution in [0.15, 0.2) is 54.6 Å². The Morgan fingerprint density at radius 3 is 2.19 bits per heavy atom. The largest absolute Gasteiger partial charge is 0.416 e. The van der Waals surface area contributed by atoms with Crippen LogP contribution in [0.25, 0.3) is 0 Å². The molecular weight excluding hydrogens is 407 g/mol. The molecule has 0 bridgehead atoms. The van der Waals surface area contributed by atoms with Crippen molar-refractivity contribution in [2.75, 3.05) is 57.4 Å². The zero-order valence-corrected chi connectivity index (χ0v) is 17.2. The van der Waals surface area contributed by atoms with E-state index in [9.17, 15) is 18.0 Å². The molecule has 2 aliphatic rings. The second kappa shape index (κ2) is 9.28. The maximum absolute atomic E-state index is 13.4. The number of carbonyl (C=O) groups is 1. The first-order valence-electron chi connectivity index (χ1n) is 10.5. The molecule has 166 valence electrons. The van der Waals surface area contributed by atoms with Crippen molar-refractivity contribution in [3.63, 3.8) is 0 Å². The summed E-state index contributed by atoms with van der Waals surface area (Å²) in [6.45, 7) is 4.52. The summed E-state index contributed by atoms with van der Waals surface area (Å²) >= 11 is 0. The molecule has 2 aliphatic heterocycles. The number of rotatable bonds is 4. The Bertz CT molecular complexity index is 877. The minimum absolute atomic E-state index is 0.0574. The van der Waals surface area contributed by atoms with Gasteiger partial charge < -0.3 is 14.5 Å². The van der Waals surface area contributed by atoms with Crippen molar-refractivity contribution < 1.29 is 22.7 Å². The molecule has 2 aromatic carbocycles. The molecule has 8 heteroatoms. The second-order valence-electron chi connectivity index (χ2n) is 7.82. The molecule has 0 N–H and O–H groups in total. The highest BCUT2D eigenvalue weighted by Crippen LogP contribution is 2.32. The van der Waals surface area contributed by atoms with Gasteiger partial charge in [-0.05, 0) is 23.8 Å². The van der Waals surface area contributed by atoms with Crippen LogP contribution in [-0.2, 0) is 15.7 Å². The van der Waals surface area contributed by atoms with Gasteiger partial charge in [0.1, 0.15) is 6.04 Å². The Kier molecular flexibility index (Phi) is 6.48. The van der Waals surface area contributed by atoms with Crippen molar-refractivity contribution >= 4 is 11.6 Å². The summed E-state index contributed by atoms with van der Waals surface area (Å²) in [4.78, 5) is 19.3. The second-order valence-corrected chi connectivity index (χ2v) is 7.82. The molecule has 2 fully saturated rings. The van der Waals surface area contributed by atoms with Gasteiger partial charge in [-0.15, -0.1) is 0 Å². The minimum atomic E-state index is -4.36. The van der Waals surface area contributed by atoms with Crippen molar-refractivity contribution in [2.24, 2.45) is 0 Å². The fourth-order valence-corrected chi connectivity index (χ4v) is 4.22. The van der Waals surface area contributed by atoms with Crippen LogP contribution in [-0.4, -0.2) is 68.2 Å². The van der Waals surface area contributed by atoms with Gasteiger partial charge in [-0.25, -0.2) is 0 Å². The van der Waals surface area contributed by atoms with Gasteiger partial charge in [0, 0.05) is 45.0 Å². The van der Waals surface area contributed by atoms with Crippen LogP contribution in [0, 0.1) is 0 Å². The zero-order chi connectivity index (χ0) is 21.8. The molecule has 0 aliphatic carbocycles. The molecule has 0 radical (unpaired) electrons. The van der Waals surface area contributed by atoms with Gasteiger partial charge in [0.2, 0.25) is 5.91 Å². The van der Waals surface area contributed by atoms with Gasteiger partial charge in [-0.2, -0.15) is 13.2 Å². The normalized spacial score (nSPS) is 19.3. The Morgan fingerprint density at radius 1 is 0.871 bits per heavy atom. The quantitative estimate of drug-likeness (QED) is 0.740. The van der Waals surface area contributed by atoms with Crippen LogP contribution in [0.1, 0.15) is 17.2 Å². The van der Waals surface area contributed by atoms with E-state index in [1.165, 1.54) is 12.1 Å². The van der Waals surface area contributed by atoms with E-state index in [-0.39, 0.29) is 5.91 Å². The third-order valence-electron chi connectivity index (χ3n) is 5.89. The summed E-state index contributed by atoms with van der Waals surface area (Å²) in [5.74, 6) is 0.0574. The van der Waals surface area contributed by atoms with Crippen LogP contribution >= 0.6 is 0 Å². The number of halogens is 3. The lowest BCUT2D eigenvalue weighted by Crippen LogP contribution is -2.53. The number of hydrogen-bond acceptors (Lipinski definition) is 4. The van der Waals surface area contributed by atoms with E-state index in [1.54, 1.807) is 6.07 Å². The molecule has 2 aromatic rings. The number of carbonyl (C=O) groups excluding carboxylic acids is 1. The number of benzene rings is 2.